The average molecular weight is 192 g/mol. The summed E-state index contributed by atoms with van der Waals surface area (Å²) in [5, 5.41) is 10.1. The van der Waals surface area contributed by atoms with Crippen molar-refractivity contribution in [1.29, 1.82) is 0 Å². The fourth-order valence-corrected chi connectivity index (χ4v) is 1.95. The van der Waals surface area contributed by atoms with Gasteiger partial charge in [-0.2, -0.15) is 0 Å². The molecule has 1 aromatic rings. The molecule has 0 heterocycles. The predicted molar refractivity (Wildman–Crippen MR) is 55.5 cm³/mol. The van der Waals surface area contributed by atoms with E-state index in [-0.39, 0.29) is 0 Å². The number of benzene rings is 1. The number of ether oxygens (including phenoxy) is 1. The highest BCUT2D eigenvalue weighted by Gasteiger charge is 2.43. The summed E-state index contributed by atoms with van der Waals surface area (Å²) >= 11 is 0. The van der Waals surface area contributed by atoms with Gasteiger partial charge < -0.3 is 9.84 Å². The van der Waals surface area contributed by atoms with Gasteiger partial charge in [-0.3, -0.25) is 0 Å². The van der Waals surface area contributed by atoms with Gasteiger partial charge in [-0.1, -0.05) is 19.1 Å². The van der Waals surface area contributed by atoms with Crippen LogP contribution in [0.5, 0.6) is 5.75 Å². The maximum absolute atomic E-state index is 10.1. The van der Waals surface area contributed by atoms with Gasteiger partial charge in [0.25, 0.3) is 0 Å². The predicted octanol–water partition coefficient (Wildman–Crippen LogP) is 2.24. The van der Waals surface area contributed by atoms with Crippen LogP contribution in [0.2, 0.25) is 0 Å². The second-order valence-electron chi connectivity index (χ2n) is 3.87. The van der Waals surface area contributed by atoms with Crippen LogP contribution in [0.3, 0.4) is 0 Å². The van der Waals surface area contributed by atoms with Crippen LogP contribution in [0.15, 0.2) is 18.2 Å². The van der Waals surface area contributed by atoms with Crippen LogP contribution in [0.1, 0.15) is 30.9 Å². The zero-order valence-corrected chi connectivity index (χ0v) is 8.71. The third-order valence-electron chi connectivity index (χ3n) is 2.93. The molecule has 0 amide bonds. The van der Waals surface area contributed by atoms with Gasteiger partial charge in [0, 0.05) is 0 Å². The minimum Gasteiger partial charge on any atom is -0.496 e. The number of aliphatic hydroxyl groups is 1. The standard InChI is InChI=1S/C12H16O2/c1-3-9-10(12(13)7-8-12)5-4-6-11(9)14-2/h4-6,13H,3,7-8H2,1-2H3. The SMILES string of the molecule is CCc1c(OC)cccc1C1(O)CC1. The molecule has 2 rings (SSSR count). The van der Waals surface area contributed by atoms with Crippen LogP contribution in [-0.4, -0.2) is 12.2 Å². The topological polar surface area (TPSA) is 29.5 Å². The number of methoxy groups -OCH3 is 1. The van der Waals surface area contributed by atoms with Crippen LogP contribution in [-0.2, 0) is 12.0 Å². The van der Waals surface area contributed by atoms with Gasteiger partial charge >= 0.3 is 0 Å². The summed E-state index contributed by atoms with van der Waals surface area (Å²) in [5.74, 6) is 0.894. The lowest BCUT2D eigenvalue weighted by Crippen LogP contribution is -2.09. The summed E-state index contributed by atoms with van der Waals surface area (Å²) in [6, 6.07) is 5.91. The molecule has 1 saturated carbocycles. The fourth-order valence-electron chi connectivity index (χ4n) is 1.95. The Morgan fingerprint density at radius 1 is 1.43 bits per heavy atom. The molecule has 0 saturated heterocycles. The van der Waals surface area contributed by atoms with Gasteiger partial charge in [0.1, 0.15) is 5.75 Å². The van der Waals surface area contributed by atoms with Gasteiger partial charge in [0.15, 0.2) is 0 Å². The molecule has 0 aliphatic heterocycles. The first-order valence-electron chi connectivity index (χ1n) is 5.10. The van der Waals surface area contributed by atoms with Crippen molar-refractivity contribution in [1.82, 2.24) is 0 Å². The summed E-state index contributed by atoms with van der Waals surface area (Å²) in [4.78, 5) is 0. The van der Waals surface area contributed by atoms with Gasteiger partial charge in [0.05, 0.1) is 12.7 Å². The van der Waals surface area contributed by atoms with Crippen molar-refractivity contribution in [2.45, 2.75) is 31.8 Å². The third kappa shape index (κ3) is 1.40. The van der Waals surface area contributed by atoms with Crippen molar-refractivity contribution in [3.8, 4) is 5.75 Å². The molecule has 1 aliphatic carbocycles. The summed E-state index contributed by atoms with van der Waals surface area (Å²) in [7, 11) is 1.68. The van der Waals surface area contributed by atoms with Crippen LogP contribution in [0.25, 0.3) is 0 Å². The average Bonchev–Trinajstić information content (AvgIpc) is 2.96. The largest absolute Gasteiger partial charge is 0.496 e. The van der Waals surface area contributed by atoms with Crippen molar-refractivity contribution in [3.05, 3.63) is 29.3 Å². The number of hydrogen-bond donors (Lipinski definition) is 1. The van der Waals surface area contributed by atoms with Crippen molar-refractivity contribution < 1.29 is 9.84 Å². The van der Waals surface area contributed by atoms with Crippen molar-refractivity contribution >= 4 is 0 Å². The van der Waals surface area contributed by atoms with Crippen molar-refractivity contribution in [2.75, 3.05) is 7.11 Å². The molecule has 0 atom stereocenters. The summed E-state index contributed by atoms with van der Waals surface area (Å²) in [6.45, 7) is 2.09. The van der Waals surface area contributed by atoms with E-state index in [1.807, 2.05) is 18.2 Å². The lowest BCUT2D eigenvalue weighted by Gasteiger charge is -2.16. The molecule has 14 heavy (non-hydrogen) atoms. The smallest absolute Gasteiger partial charge is 0.122 e. The fraction of sp³-hybridized carbons (Fsp3) is 0.500. The third-order valence-corrected chi connectivity index (χ3v) is 2.93. The Kier molecular flexibility index (Phi) is 2.23. The molecular weight excluding hydrogens is 176 g/mol. The molecule has 1 N–H and O–H groups in total. The van der Waals surface area contributed by atoms with Crippen molar-refractivity contribution in [2.24, 2.45) is 0 Å². The molecule has 2 nitrogen and oxygen atoms in total. The van der Waals surface area contributed by atoms with Gasteiger partial charge in [0.2, 0.25) is 0 Å². The summed E-state index contributed by atoms with van der Waals surface area (Å²) < 4.78 is 5.29. The molecule has 2 heteroatoms. The first-order chi connectivity index (χ1) is 6.71. The van der Waals surface area contributed by atoms with E-state index in [1.54, 1.807) is 7.11 Å². The maximum atomic E-state index is 10.1. The lowest BCUT2D eigenvalue weighted by molar-refractivity contribution is 0.150. The van der Waals surface area contributed by atoms with Crippen molar-refractivity contribution in [3.63, 3.8) is 0 Å². The Bertz CT molecular complexity index is 340. The molecule has 0 bridgehead atoms. The minimum atomic E-state index is -0.556. The lowest BCUT2D eigenvalue weighted by atomic mass is 9.98. The number of rotatable bonds is 3. The monoisotopic (exact) mass is 192 g/mol. The van der Waals surface area contributed by atoms with E-state index >= 15 is 0 Å². The minimum absolute atomic E-state index is 0.556. The molecule has 0 spiro atoms. The van der Waals surface area contributed by atoms with E-state index in [4.69, 9.17) is 4.74 Å². The second-order valence-corrected chi connectivity index (χ2v) is 3.87. The van der Waals surface area contributed by atoms with Gasteiger partial charge in [-0.05, 0) is 36.5 Å². The van der Waals surface area contributed by atoms with Crippen LogP contribution < -0.4 is 4.74 Å². The normalized spacial score (nSPS) is 17.9. The molecule has 1 aromatic carbocycles. The Labute approximate surface area is 84.5 Å². The Hall–Kier alpha value is -1.02. The molecule has 0 unspecified atom stereocenters. The molecule has 0 aromatic heterocycles. The molecule has 76 valence electrons. The Morgan fingerprint density at radius 2 is 2.14 bits per heavy atom. The molecule has 1 fully saturated rings. The van der Waals surface area contributed by atoms with E-state index < -0.39 is 5.60 Å². The molecular formula is C12H16O2. The highest BCUT2D eigenvalue weighted by Crippen LogP contribution is 2.48. The second kappa shape index (κ2) is 3.28. The van der Waals surface area contributed by atoms with Gasteiger partial charge in [-0.25, -0.2) is 0 Å². The van der Waals surface area contributed by atoms with E-state index in [0.717, 1.165) is 36.1 Å². The van der Waals surface area contributed by atoms with Crippen LogP contribution in [0.4, 0.5) is 0 Å². The quantitative estimate of drug-likeness (QED) is 0.795. The highest BCUT2D eigenvalue weighted by molar-refractivity contribution is 5.45. The Balaban J connectivity index is 2.48. The van der Waals surface area contributed by atoms with Crippen LogP contribution >= 0.6 is 0 Å². The van der Waals surface area contributed by atoms with Crippen LogP contribution in [0, 0.1) is 0 Å². The van der Waals surface area contributed by atoms with Gasteiger partial charge in [-0.15, -0.1) is 0 Å². The summed E-state index contributed by atoms with van der Waals surface area (Å²) in [6.07, 6.45) is 2.67. The maximum Gasteiger partial charge on any atom is 0.122 e. The molecule has 0 radical (unpaired) electrons. The zero-order valence-electron chi connectivity index (χ0n) is 8.71. The number of hydrogen-bond acceptors (Lipinski definition) is 2. The molecule has 1 aliphatic rings. The Morgan fingerprint density at radius 3 is 2.64 bits per heavy atom. The van der Waals surface area contributed by atoms with E-state index in [2.05, 4.69) is 6.92 Å². The van der Waals surface area contributed by atoms with E-state index in [9.17, 15) is 5.11 Å². The summed E-state index contributed by atoms with van der Waals surface area (Å²) in [5.41, 5.74) is 1.65. The first-order valence-corrected chi connectivity index (χ1v) is 5.10. The first kappa shape index (κ1) is 9.53. The van der Waals surface area contributed by atoms with E-state index in [1.165, 1.54) is 0 Å². The zero-order chi connectivity index (χ0) is 10.2. The van der Waals surface area contributed by atoms with E-state index in [0.29, 0.717) is 0 Å². The highest BCUT2D eigenvalue weighted by atomic mass is 16.5.